The van der Waals surface area contributed by atoms with E-state index in [9.17, 15) is 0 Å². The van der Waals surface area contributed by atoms with Crippen molar-refractivity contribution >= 4 is 34.1 Å². The topological polar surface area (TPSA) is 6.48 Å². The Morgan fingerprint density at radius 2 is 0.309 bits per heavy atom. The van der Waals surface area contributed by atoms with Gasteiger partial charge in [-0.2, -0.15) is 0 Å². The largest absolute Gasteiger partial charge is 0.311 e. The summed E-state index contributed by atoms with van der Waals surface area (Å²) in [6, 6.07) is 104. The van der Waals surface area contributed by atoms with Gasteiger partial charge in [0, 0.05) is 34.1 Å². The normalized spacial score (nSPS) is 10.9. The second-order valence-electron chi connectivity index (χ2n) is 17.0. The molecule has 0 N–H and O–H groups in total. The lowest BCUT2D eigenvalue weighted by Gasteiger charge is -2.26. The first kappa shape index (κ1) is 41.7. The van der Waals surface area contributed by atoms with Gasteiger partial charge in [-0.1, -0.05) is 206 Å². The fourth-order valence-corrected chi connectivity index (χ4v) is 9.13. The molecule has 68 heavy (non-hydrogen) atoms. The third kappa shape index (κ3) is 9.00. The van der Waals surface area contributed by atoms with Crippen LogP contribution in [0.25, 0.3) is 66.8 Å². The average Bonchev–Trinajstić information content (AvgIpc) is 3.43. The lowest BCUT2D eigenvalue weighted by atomic mass is 9.98. The molecule has 322 valence electrons. The number of para-hydroxylation sites is 2. The lowest BCUT2D eigenvalue weighted by molar-refractivity contribution is 1.28. The van der Waals surface area contributed by atoms with Gasteiger partial charge in [0.15, 0.2) is 0 Å². The van der Waals surface area contributed by atoms with E-state index in [2.05, 4.69) is 301 Å². The highest BCUT2D eigenvalue weighted by Crippen LogP contribution is 2.39. The molecule has 0 spiro atoms. The van der Waals surface area contributed by atoms with E-state index in [-0.39, 0.29) is 0 Å². The molecule has 11 aromatic carbocycles. The maximum absolute atomic E-state index is 2.32. The van der Waals surface area contributed by atoms with E-state index in [1.165, 1.54) is 66.8 Å². The van der Waals surface area contributed by atoms with Crippen molar-refractivity contribution in [1.82, 2.24) is 0 Å². The standard InChI is InChI=1S/C66H48N2/c1-5-15-49(16-6-1)57-19-13-21-59(47-57)55-35-43-65(44-36-55)67(61-23-9-3-10-24-61)63-39-31-53(32-40-63)51-27-29-52(30-28-51)54-33-41-64(42-34-54)68(62-25-11-4-12-26-62)66-45-37-56(38-46-66)60-22-14-20-58(48-60)50-17-7-2-8-18-50/h1-48H. The van der Waals surface area contributed by atoms with Gasteiger partial charge in [-0.25, -0.2) is 0 Å². The Balaban J connectivity index is 0.811. The van der Waals surface area contributed by atoms with Crippen molar-refractivity contribution in [2.24, 2.45) is 0 Å². The van der Waals surface area contributed by atoms with Crippen LogP contribution in [0.2, 0.25) is 0 Å². The molecular weight excluding hydrogens is 821 g/mol. The zero-order valence-electron chi connectivity index (χ0n) is 37.6. The summed E-state index contributed by atoms with van der Waals surface area (Å²) in [5, 5.41) is 0. The number of nitrogens with zero attached hydrogens (tertiary/aromatic N) is 2. The van der Waals surface area contributed by atoms with Crippen LogP contribution in [0.15, 0.2) is 291 Å². The summed E-state index contributed by atoms with van der Waals surface area (Å²) >= 11 is 0. The van der Waals surface area contributed by atoms with Crippen LogP contribution >= 0.6 is 0 Å². The Hall–Kier alpha value is -8.98. The van der Waals surface area contributed by atoms with Gasteiger partial charge >= 0.3 is 0 Å². The van der Waals surface area contributed by atoms with Gasteiger partial charge in [-0.3, -0.25) is 0 Å². The first-order valence-electron chi connectivity index (χ1n) is 23.2. The average molecular weight is 869 g/mol. The van der Waals surface area contributed by atoms with Gasteiger partial charge in [0.1, 0.15) is 0 Å². The molecule has 0 aliphatic heterocycles. The Morgan fingerprint density at radius 3 is 0.574 bits per heavy atom. The zero-order valence-corrected chi connectivity index (χ0v) is 37.6. The van der Waals surface area contributed by atoms with E-state index in [0.29, 0.717) is 0 Å². The predicted molar refractivity (Wildman–Crippen MR) is 288 cm³/mol. The molecule has 0 unspecified atom stereocenters. The SMILES string of the molecule is c1ccc(-c2cccc(-c3ccc(N(c4ccccc4)c4ccc(-c5ccc(-c6ccc(N(c7ccccc7)c7ccc(-c8cccc(-c9ccccc9)c8)cc7)cc6)cc5)cc4)cc3)c2)cc1. The van der Waals surface area contributed by atoms with Crippen molar-refractivity contribution in [3.8, 4) is 66.8 Å². The van der Waals surface area contributed by atoms with Gasteiger partial charge < -0.3 is 9.80 Å². The lowest BCUT2D eigenvalue weighted by Crippen LogP contribution is -2.09. The van der Waals surface area contributed by atoms with Gasteiger partial charge in [-0.05, 0) is 152 Å². The molecule has 11 aromatic rings. The minimum Gasteiger partial charge on any atom is -0.311 e. The van der Waals surface area contributed by atoms with Crippen molar-refractivity contribution < 1.29 is 0 Å². The molecule has 11 rings (SSSR count). The van der Waals surface area contributed by atoms with Crippen LogP contribution in [0, 0.1) is 0 Å². The summed E-state index contributed by atoms with van der Waals surface area (Å²) < 4.78 is 0. The Labute approximate surface area is 400 Å². The molecule has 0 saturated carbocycles. The molecule has 0 aromatic heterocycles. The number of rotatable bonds is 12. The minimum atomic E-state index is 1.10. The van der Waals surface area contributed by atoms with Crippen LogP contribution in [0.5, 0.6) is 0 Å². The Bertz CT molecular complexity index is 3140. The van der Waals surface area contributed by atoms with E-state index in [1.54, 1.807) is 0 Å². The molecule has 0 radical (unpaired) electrons. The zero-order chi connectivity index (χ0) is 45.5. The number of anilines is 6. The second kappa shape index (κ2) is 19.2. The first-order valence-corrected chi connectivity index (χ1v) is 23.2. The maximum Gasteiger partial charge on any atom is 0.0462 e. The highest BCUT2D eigenvalue weighted by Gasteiger charge is 2.15. The van der Waals surface area contributed by atoms with Crippen LogP contribution in [-0.4, -0.2) is 0 Å². The van der Waals surface area contributed by atoms with Crippen molar-refractivity contribution in [2.45, 2.75) is 0 Å². The van der Waals surface area contributed by atoms with Gasteiger partial charge in [0.05, 0.1) is 0 Å². The third-order valence-electron chi connectivity index (χ3n) is 12.7. The van der Waals surface area contributed by atoms with E-state index in [0.717, 1.165) is 34.1 Å². The Morgan fingerprint density at radius 1 is 0.132 bits per heavy atom. The number of benzene rings is 11. The summed E-state index contributed by atoms with van der Waals surface area (Å²) in [7, 11) is 0. The smallest absolute Gasteiger partial charge is 0.0462 e. The fourth-order valence-electron chi connectivity index (χ4n) is 9.13. The summed E-state index contributed by atoms with van der Waals surface area (Å²) in [4.78, 5) is 4.64. The molecule has 0 atom stereocenters. The molecule has 0 aliphatic carbocycles. The predicted octanol–water partition coefficient (Wildman–Crippen LogP) is 18.6. The second-order valence-corrected chi connectivity index (χ2v) is 17.0. The Kier molecular flexibility index (Phi) is 11.8. The maximum atomic E-state index is 2.32. The van der Waals surface area contributed by atoms with Crippen LogP contribution < -0.4 is 9.80 Å². The molecule has 0 heterocycles. The molecule has 0 fully saturated rings. The van der Waals surface area contributed by atoms with E-state index in [1.807, 2.05) is 0 Å². The fraction of sp³-hybridized carbons (Fsp3) is 0. The highest BCUT2D eigenvalue weighted by molar-refractivity contribution is 5.83. The number of hydrogen-bond donors (Lipinski definition) is 0. The van der Waals surface area contributed by atoms with E-state index < -0.39 is 0 Å². The van der Waals surface area contributed by atoms with Crippen molar-refractivity contribution in [3.05, 3.63) is 291 Å². The van der Waals surface area contributed by atoms with Crippen LogP contribution in [-0.2, 0) is 0 Å². The first-order chi connectivity index (χ1) is 33.7. The molecule has 2 heteroatoms. The molecule has 0 bridgehead atoms. The molecule has 0 saturated heterocycles. The monoisotopic (exact) mass is 868 g/mol. The van der Waals surface area contributed by atoms with Gasteiger partial charge in [-0.15, -0.1) is 0 Å². The molecule has 0 aliphatic rings. The minimum absolute atomic E-state index is 1.10. The van der Waals surface area contributed by atoms with Crippen LogP contribution in [0.1, 0.15) is 0 Å². The van der Waals surface area contributed by atoms with Crippen LogP contribution in [0.3, 0.4) is 0 Å². The number of hydrogen-bond acceptors (Lipinski definition) is 2. The van der Waals surface area contributed by atoms with E-state index >= 15 is 0 Å². The van der Waals surface area contributed by atoms with E-state index in [4.69, 9.17) is 0 Å². The van der Waals surface area contributed by atoms with Crippen molar-refractivity contribution in [3.63, 3.8) is 0 Å². The summed E-state index contributed by atoms with van der Waals surface area (Å²) in [5.74, 6) is 0. The highest BCUT2D eigenvalue weighted by atomic mass is 15.1. The summed E-state index contributed by atoms with van der Waals surface area (Å²) in [5.41, 5.74) is 21.0. The van der Waals surface area contributed by atoms with Crippen LogP contribution in [0.4, 0.5) is 34.1 Å². The van der Waals surface area contributed by atoms with Gasteiger partial charge in [0.2, 0.25) is 0 Å². The molecule has 2 nitrogen and oxygen atoms in total. The van der Waals surface area contributed by atoms with Gasteiger partial charge in [0.25, 0.3) is 0 Å². The summed E-state index contributed by atoms with van der Waals surface area (Å²) in [6.07, 6.45) is 0. The van der Waals surface area contributed by atoms with Crippen molar-refractivity contribution in [2.75, 3.05) is 9.80 Å². The summed E-state index contributed by atoms with van der Waals surface area (Å²) in [6.45, 7) is 0. The molecular formula is C66H48N2. The third-order valence-corrected chi connectivity index (χ3v) is 12.7. The quantitative estimate of drug-likeness (QED) is 0.121. The molecule has 0 amide bonds. The van der Waals surface area contributed by atoms with Crippen molar-refractivity contribution in [1.29, 1.82) is 0 Å².